The Hall–Kier alpha value is -2.08. The Kier molecular flexibility index (Phi) is 7.51. The van der Waals surface area contributed by atoms with Gasteiger partial charge in [-0.1, -0.05) is 43.9 Å². The Morgan fingerprint density at radius 1 is 1.19 bits per heavy atom. The van der Waals surface area contributed by atoms with Crippen LogP contribution in [0, 0.1) is 0 Å². The lowest BCUT2D eigenvalue weighted by molar-refractivity contribution is -0.116. The molecule has 1 aromatic rings. The fourth-order valence-electron chi connectivity index (χ4n) is 3.93. The fraction of sp³-hybridized carbons (Fsp3) is 0.619. The van der Waals surface area contributed by atoms with Gasteiger partial charge in [0.05, 0.1) is 12.7 Å². The van der Waals surface area contributed by atoms with E-state index in [0.29, 0.717) is 25.7 Å². The van der Waals surface area contributed by atoms with E-state index in [0.717, 1.165) is 18.2 Å². The van der Waals surface area contributed by atoms with Crippen LogP contribution >= 0.6 is 0 Å². The quantitative estimate of drug-likeness (QED) is 0.311. The molecule has 0 radical (unpaired) electrons. The van der Waals surface area contributed by atoms with E-state index in [1.165, 1.54) is 44.1 Å². The van der Waals surface area contributed by atoms with Gasteiger partial charge in [-0.05, 0) is 24.5 Å². The number of nitrogens with zero attached hydrogens (tertiary/aromatic N) is 1. The van der Waals surface area contributed by atoms with E-state index >= 15 is 0 Å². The summed E-state index contributed by atoms with van der Waals surface area (Å²) in [7, 11) is 1.77. The van der Waals surface area contributed by atoms with Gasteiger partial charge in [0.2, 0.25) is 5.91 Å². The molecule has 1 aromatic carbocycles. The molecule has 1 unspecified atom stereocenters. The number of amides is 1. The lowest BCUT2D eigenvalue weighted by Gasteiger charge is -2.26. The minimum Gasteiger partial charge on any atom is -0.376 e. The van der Waals surface area contributed by atoms with Gasteiger partial charge in [0.25, 0.3) is 0 Å². The standard InChI is InChI=1S/C21H32N4O2/c1-22-21(23-12-13-27-17-8-4-2-3-5-9-17)24-15-16-14-20(26)25-19-11-7-6-10-18(16)19/h6-7,10-11,16-17H,2-5,8-9,12-15H2,1H3,(H,25,26)(H2,22,23,24). The lowest BCUT2D eigenvalue weighted by Crippen LogP contribution is -2.42. The summed E-state index contributed by atoms with van der Waals surface area (Å²) in [4.78, 5) is 16.2. The molecule has 0 bridgehead atoms. The summed E-state index contributed by atoms with van der Waals surface area (Å²) in [5.74, 6) is 0.971. The molecule has 0 spiro atoms. The van der Waals surface area contributed by atoms with Gasteiger partial charge in [-0.3, -0.25) is 9.79 Å². The molecule has 6 heteroatoms. The molecule has 2 aliphatic rings. The van der Waals surface area contributed by atoms with Crippen LogP contribution in [0.3, 0.4) is 0 Å². The van der Waals surface area contributed by atoms with E-state index in [2.05, 4.69) is 27.0 Å². The number of benzene rings is 1. The Bertz CT molecular complexity index is 639. The van der Waals surface area contributed by atoms with E-state index in [9.17, 15) is 4.79 Å². The van der Waals surface area contributed by atoms with Crippen molar-refractivity contribution in [3.05, 3.63) is 29.8 Å². The molecule has 0 aromatic heterocycles. The van der Waals surface area contributed by atoms with Gasteiger partial charge >= 0.3 is 0 Å². The molecule has 1 saturated carbocycles. The maximum atomic E-state index is 11.9. The number of carbonyl (C=O) groups excluding carboxylic acids is 1. The van der Waals surface area contributed by atoms with Gasteiger partial charge in [-0.2, -0.15) is 0 Å². The van der Waals surface area contributed by atoms with E-state index < -0.39 is 0 Å². The smallest absolute Gasteiger partial charge is 0.225 e. The number of rotatable bonds is 6. The van der Waals surface area contributed by atoms with Crippen molar-refractivity contribution in [1.82, 2.24) is 10.6 Å². The van der Waals surface area contributed by atoms with Crippen LogP contribution in [0.2, 0.25) is 0 Å². The number of fused-ring (bicyclic) bond motifs is 1. The summed E-state index contributed by atoms with van der Waals surface area (Å²) in [5, 5.41) is 9.60. The predicted molar refractivity (Wildman–Crippen MR) is 109 cm³/mol. The highest BCUT2D eigenvalue weighted by Crippen LogP contribution is 2.31. The molecular formula is C21H32N4O2. The van der Waals surface area contributed by atoms with Crippen molar-refractivity contribution in [3.63, 3.8) is 0 Å². The molecule has 1 atom stereocenters. The molecule has 27 heavy (non-hydrogen) atoms. The summed E-state index contributed by atoms with van der Waals surface area (Å²) in [5.41, 5.74) is 2.09. The first-order valence-electron chi connectivity index (χ1n) is 10.2. The molecule has 0 saturated heterocycles. The van der Waals surface area contributed by atoms with Gasteiger partial charge in [-0.25, -0.2) is 0 Å². The highest BCUT2D eigenvalue weighted by atomic mass is 16.5. The van der Waals surface area contributed by atoms with Crippen LogP contribution < -0.4 is 16.0 Å². The number of ether oxygens (including phenoxy) is 1. The second-order valence-electron chi connectivity index (χ2n) is 7.40. The van der Waals surface area contributed by atoms with Crippen molar-refractivity contribution >= 4 is 17.6 Å². The lowest BCUT2D eigenvalue weighted by atomic mass is 9.90. The first-order chi connectivity index (χ1) is 13.3. The van der Waals surface area contributed by atoms with Crippen LogP contribution in [0.25, 0.3) is 0 Å². The fourth-order valence-corrected chi connectivity index (χ4v) is 3.93. The minimum absolute atomic E-state index is 0.0697. The number of hydrogen-bond donors (Lipinski definition) is 3. The van der Waals surface area contributed by atoms with Crippen LogP contribution in [0.4, 0.5) is 5.69 Å². The number of nitrogens with one attached hydrogen (secondary N) is 3. The number of guanidine groups is 1. The second-order valence-corrected chi connectivity index (χ2v) is 7.40. The van der Waals surface area contributed by atoms with E-state index in [4.69, 9.17) is 4.74 Å². The third-order valence-corrected chi connectivity index (χ3v) is 5.40. The number of anilines is 1. The van der Waals surface area contributed by atoms with Crippen LogP contribution in [-0.4, -0.2) is 44.7 Å². The highest BCUT2D eigenvalue weighted by molar-refractivity contribution is 5.94. The molecule has 1 amide bonds. The molecule has 6 nitrogen and oxygen atoms in total. The zero-order valence-electron chi connectivity index (χ0n) is 16.3. The molecule has 148 valence electrons. The minimum atomic E-state index is 0.0697. The number of para-hydroxylation sites is 1. The third kappa shape index (κ3) is 5.96. The summed E-state index contributed by atoms with van der Waals surface area (Å²) in [6.45, 7) is 2.10. The van der Waals surface area contributed by atoms with Gasteiger partial charge in [0, 0.05) is 38.2 Å². The second kappa shape index (κ2) is 10.3. The summed E-state index contributed by atoms with van der Waals surface area (Å²) < 4.78 is 6.01. The Labute approximate surface area is 162 Å². The Morgan fingerprint density at radius 2 is 1.96 bits per heavy atom. The van der Waals surface area contributed by atoms with Crippen LogP contribution in [0.15, 0.2) is 29.3 Å². The first-order valence-corrected chi connectivity index (χ1v) is 10.2. The molecular weight excluding hydrogens is 340 g/mol. The van der Waals surface area contributed by atoms with Crippen molar-refractivity contribution in [2.75, 3.05) is 32.1 Å². The van der Waals surface area contributed by atoms with Crippen LogP contribution in [0.1, 0.15) is 56.4 Å². The zero-order valence-corrected chi connectivity index (χ0v) is 16.3. The number of aliphatic imine (C=N–C) groups is 1. The maximum absolute atomic E-state index is 11.9. The number of hydrogen-bond acceptors (Lipinski definition) is 3. The van der Waals surface area contributed by atoms with E-state index in [-0.39, 0.29) is 11.8 Å². The predicted octanol–water partition coefficient (Wildman–Crippen LogP) is 3.02. The van der Waals surface area contributed by atoms with Crippen molar-refractivity contribution < 1.29 is 9.53 Å². The summed E-state index contributed by atoms with van der Waals surface area (Å²) in [6.07, 6.45) is 8.56. The van der Waals surface area contributed by atoms with E-state index in [1.807, 2.05) is 18.2 Å². The van der Waals surface area contributed by atoms with Gasteiger partial charge in [0.1, 0.15) is 0 Å². The average molecular weight is 373 g/mol. The summed E-state index contributed by atoms with van der Waals surface area (Å²) in [6, 6.07) is 8.00. The normalized spacial score (nSPS) is 21.1. The SMILES string of the molecule is CN=C(NCCOC1CCCCCC1)NCC1CC(=O)Nc2ccccc21. The molecule has 1 aliphatic carbocycles. The van der Waals surface area contributed by atoms with Crippen LogP contribution in [0.5, 0.6) is 0 Å². The maximum Gasteiger partial charge on any atom is 0.225 e. The van der Waals surface area contributed by atoms with Crippen molar-refractivity contribution in [3.8, 4) is 0 Å². The molecule has 1 aliphatic heterocycles. The molecule has 1 fully saturated rings. The molecule has 3 N–H and O–H groups in total. The monoisotopic (exact) mass is 372 g/mol. The molecule has 3 rings (SSSR count). The number of carbonyl (C=O) groups is 1. The topological polar surface area (TPSA) is 74.8 Å². The Balaban J connectivity index is 1.41. The largest absolute Gasteiger partial charge is 0.376 e. The van der Waals surface area contributed by atoms with Gasteiger partial charge in [-0.15, -0.1) is 0 Å². The van der Waals surface area contributed by atoms with Gasteiger partial charge in [0.15, 0.2) is 5.96 Å². The molecule has 1 heterocycles. The first kappa shape index (κ1) is 19.7. The Morgan fingerprint density at radius 3 is 2.74 bits per heavy atom. The zero-order chi connectivity index (χ0) is 18.9. The highest BCUT2D eigenvalue weighted by Gasteiger charge is 2.24. The van der Waals surface area contributed by atoms with Crippen molar-refractivity contribution in [1.29, 1.82) is 0 Å². The van der Waals surface area contributed by atoms with Gasteiger partial charge < -0.3 is 20.7 Å². The van der Waals surface area contributed by atoms with E-state index in [1.54, 1.807) is 7.05 Å². The average Bonchev–Trinajstić information content (AvgIpc) is 2.96. The van der Waals surface area contributed by atoms with Crippen LogP contribution in [-0.2, 0) is 9.53 Å². The van der Waals surface area contributed by atoms with Crippen molar-refractivity contribution in [2.45, 2.75) is 57.0 Å². The summed E-state index contributed by atoms with van der Waals surface area (Å²) >= 11 is 0. The third-order valence-electron chi connectivity index (χ3n) is 5.40. The van der Waals surface area contributed by atoms with Crippen molar-refractivity contribution in [2.24, 2.45) is 4.99 Å².